The van der Waals surface area contributed by atoms with Crippen LogP contribution in [0.4, 0.5) is 0 Å². The van der Waals surface area contributed by atoms with E-state index in [4.69, 9.17) is 15.2 Å². The number of methoxy groups -OCH3 is 2. The van der Waals surface area contributed by atoms with Gasteiger partial charge in [-0.3, -0.25) is 4.68 Å². The molecule has 1 atom stereocenters. The zero-order valence-corrected chi connectivity index (χ0v) is 12.3. The van der Waals surface area contributed by atoms with Crippen molar-refractivity contribution >= 4 is 0 Å². The van der Waals surface area contributed by atoms with Crippen molar-refractivity contribution in [1.29, 1.82) is 0 Å². The van der Waals surface area contributed by atoms with Gasteiger partial charge in [-0.2, -0.15) is 5.10 Å². The van der Waals surface area contributed by atoms with Crippen LogP contribution in [0.3, 0.4) is 0 Å². The molecule has 1 aromatic carbocycles. The van der Waals surface area contributed by atoms with E-state index < -0.39 is 0 Å². The molecule has 5 heteroatoms. The molecule has 1 unspecified atom stereocenters. The summed E-state index contributed by atoms with van der Waals surface area (Å²) in [5.41, 5.74) is 8.26. The van der Waals surface area contributed by atoms with E-state index in [1.165, 1.54) is 0 Å². The molecule has 0 saturated heterocycles. The third kappa shape index (κ3) is 2.63. The summed E-state index contributed by atoms with van der Waals surface area (Å²) < 4.78 is 12.4. The number of benzene rings is 1. The molecule has 0 aliphatic rings. The van der Waals surface area contributed by atoms with E-state index in [0.29, 0.717) is 5.75 Å². The third-order valence-electron chi connectivity index (χ3n) is 3.28. The second-order valence-corrected chi connectivity index (χ2v) is 4.89. The Bertz CT molecular complexity index is 561. The molecular weight excluding hydrogens is 254 g/mol. The Morgan fingerprint density at radius 3 is 2.25 bits per heavy atom. The summed E-state index contributed by atoms with van der Waals surface area (Å²) in [7, 11) is 3.28. The predicted octanol–water partition coefficient (Wildman–Crippen LogP) is 2.53. The normalized spacial score (nSPS) is 12.5. The first kappa shape index (κ1) is 14.4. The molecule has 2 rings (SSSR count). The quantitative estimate of drug-likeness (QED) is 0.910. The van der Waals surface area contributed by atoms with Gasteiger partial charge in [0.05, 0.1) is 26.5 Å². The smallest absolute Gasteiger partial charge is 0.161 e. The number of rotatable bonds is 5. The zero-order chi connectivity index (χ0) is 14.7. The predicted molar refractivity (Wildman–Crippen MR) is 78.2 cm³/mol. The van der Waals surface area contributed by atoms with Crippen LogP contribution in [0.5, 0.6) is 11.5 Å². The fourth-order valence-electron chi connectivity index (χ4n) is 2.19. The van der Waals surface area contributed by atoms with E-state index in [2.05, 4.69) is 18.9 Å². The summed E-state index contributed by atoms with van der Waals surface area (Å²) in [5.74, 6) is 1.52. The Kier molecular flexibility index (Phi) is 4.29. The zero-order valence-electron chi connectivity index (χ0n) is 12.3. The van der Waals surface area contributed by atoms with Crippen LogP contribution in [0.1, 0.15) is 37.2 Å². The Labute approximate surface area is 119 Å². The number of aromatic nitrogens is 2. The second-order valence-electron chi connectivity index (χ2n) is 4.89. The lowest BCUT2D eigenvalue weighted by Gasteiger charge is -2.18. The van der Waals surface area contributed by atoms with Crippen LogP contribution in [-0.4, -0.2) is 24.0 Å². The van der Waals surface area contributed by atoms with Crippen LogP contribution in [0.2, 0.25) is 0 Å². The second kappa shape index (κ2) is 5.96. The van der Waals surface area contributed by atoms with Crippen molar-refractivity contribution < 1.29 is 9.47 Å². The van der Waals surface area contributed by atoms with E-state index in [0.717, 1.165) is 17.0 Å². The molecule has 0 radical (unpaired) electrons. The maximum atomic E-state index is 6.39. The first-order chi connectivity index (χ1) is 9.58. The van der Waals surface area contributed by atoms with Crippen LogP contribution in [0, 0.1) is 0 Å². The number of hydrogen-bond donors (Lipinski definition) is 1. The minimum Gasteiger partial charge on any atom is -0.497 e. The fourth-order valence-corrected chi connectivity index (χ4v) is 2.19. The molecule has 5 nitrogen and oxygen atoms in total. The summed E-state index contributed by atoms with van der Waals surface area (Å²) in [6.07, 6.45) is 1.71. The van der Waals surface area contributed by atoms with Crippen LogP contribution in [0.25, 0.3) is 0 Å². The van der Waals surface area contributed by atoms with Crippen molar-refractivity contribution in [3.63, 3.8) is 0 Å². The van der Waals surface area contributed by atoms with Gasteiger partial charge in [0.1, 0.15) is 11.4 Å². The van der Waals surface area contributed by atoms with Gasteiger partial charge in [0, 0.05) is 6.04 Å². The standard InChI is InChI=1S/C15H21N3O2/c1-10(2)18-15(13(20-4)9-17-18)14(16)11-5-7-12(19-3)8-6-11/h5-10,14H,16H2,1-4H3. The average Bonchev–Trinajstić information content (AvgIpc) is 2.90. The fraction of sp³-hybridized carbons (Fsp3) is 0.400. The van der Waals surface area contributed by atoms with Gasteiger partial charge >= 0.3 is 0 Å². The summed E-state index contributed by atoms with van der Waals surface area (Å²) in [5, 5.41) is 4.35. The molecule has 2 N–H and O–H groups in total. The summed E-state index contributed by atoms with van der Waals surface area (Å²) in [6.45, 7) is 4.13. The average molecular weight is 275 g/mol. The lowest BCUT2D eigenvalue weighted by atomic mass is 10.0. The van der Waals surface area contributed by atoms with Crippen LogP contribution in [0.15, 0.2) is 30.5 Å². The lowest BCUT2D eigenvalue weighted by molar-refractivity contribution is 0.400. The lowest BCUT2D eigenvalue weighted by Crippen LogP contribution is -2.19. The van der Waals surface area contributed by atoms with E-state index in [-0.39, 0.29) is 12.1 Å². The highest BCUT2D eigenvalue weighted by atomic mass is 16.5. The van der Waals surface area contributed by atoms with Crippen molar-refractivity contribution in [1.82, 2.24) is 9.78 Å². The van der Waals surface area contributed by atoms with Crippen molar-refractivity contribution in [3.05, 3.63) is 41.7 Å². The molecule has 1 heterocycles. The van der Waals surface area contributed by atoms with Gasteiger partial charge in [-0.25, -0.2) is 0 Å². The molecular formula is C15H21N3O2. The van der Waals surface area contributed by atoms with E-state index in [1.54, 1.807) is 20.4 Å². The van der Waals surface area contributed by atoms with Gasteiger partial charge < -0.3 is 15.2 Å². The van der Waals surface area contributed by atoms with Gasteiger partial charge in [0.2, 0.25) is 0 Å². The van der Waals surface area contributed by atoms with Crippen molar-refractivity contribution in [2.45, 2.75) is 25.9 Å². The monoisotopic (exact) mass is 275 g/mol. The Morgan fingerprint density at radius 2 is 1.75 bits per heavy atom. The summed E-state index contributed by atoms with van der Waals surface area (Å²) in [4.78, 5) is 0. The van der Waals surface area contributed by atoms with Crippen LogP contribution < -0.4 is 15.2 Å². The van der Waals surface area contributed by atoms with Crippen molar-refractivity contribution in [3.8, 4) is 11.5 Å². The SMILES string of the molecule is COc1ccc(C(N)c2c(OC)cnn2C(C)C)cc1. The highest BCUT2D eigenvalue weighted by Crippen LogP contribution is 2.30. The van der Waals surface area contributed by atoms with Crippen molar-refractivity contribution in [2.75, 3.05) is 14.2 Å². The Balaban J connectivity index is 2.40. The van der Waals surface area contributed by atoms with E-state index in [1.807, 2.05) is 28.9 Å². The molecule has 0 bridgehead atoms. The molecule has 0 amide bonds. The minimum absolute atomic E-state index is 0.221. The minimum atomic E-state index is -0.291. The van der Waals surface area contributed by atoms with Crippen LogP contribution in [-0.2, 0) is 0 Å². The number of ether oxygens (including phenoxy) is 2. The molecule has 0 spiro atoms. The largest absolute Gasteiger partial charge is 0.497 e. The molecule has 108 valence electrons. The maximum Gasteiger partial charge on any atom is 0.161 e. The summed E-state index contributed by atoms with van der Waals surface area (Å²) >= 11 is 0. The molecule has 2 aromatic rings. The molecule has 20 heavy (non-hydrogen) atoms. The molecule has 0 fully saturated rings. The highest BCUT2D eigenvalue weighted by Gasteiger charge is 2.21. The first-order valence-electron chi connectivity index (χ1n) is 6.59. The maximum absolute atomic E-state index is 6.39. The first-order valence-corrected chi connectivity index (χ1v) is 6.59. The molecule has 0 saturated carbocycles. The van der Waals surface area contributed by atoms with Crippen molar-refractivity contribution in [2.24, 2.45) is 5.73 Å². The third-order valence-corrected chi connectivity index (χ3v) is 3.28. The number of nitrogens with two attached hydrogens (primary N) is 1. The Morgan fingerprint density at radius 1 is 1.10 bits per heavy atom. The molecule has 0 aliphatic heterocycles. The van der Waals surface area contributed by atoms with Gasteiger partial charge in [0.25, 0.3) is 0 Å². The van der Waals surface area contributed by atoms with E-state index in [9.17, 15) is 0 Å². The summed E-state index contributed by atoms with van der Waals surface area (Å²) in [6, 6.07) is 7.65. The van der Waals surface area contributed by atoms with Crippen LogP contribution >= 0.6 is 0 Å². The number of nitrogens with zero attached hydrogens (tertiary/aromatic N) is 2. The topological polar surface area (TPSA) is 62.3 Å². The van der Waals surface area contributed by atoms with Gasteiger partial charge in [0.15, 0.2) is 5.75 Å². The molecule has 1 aromatic heterocycles. The molecule has 0 aliphatic carbocycles. The highest BCUT2D eigenvalue weighted by molar-refractivity contribution is 5.38. The van der Waals surface area contributed by atoms with E-state index >= 15 is 0 Å². The Hall–Kier alpha value is -2.01. The van der Waals surface area contributed by atoms with Gasteiger partial charge in [-0.1, -0.05) is 12.1 Å². The van der Waals surface area contributed by atoms with Gasteiger partial charge in [-0.05, 0) is 31.5 Å². The van der Waals surface area contributed by atoms with Gasteiger partial charge in [-0.15, -0.1) is 0 Å². The number of hydrogen-bond acceptors (Lipinski definition) is 4.